The molecule has 1 saturated heterocycles. The maximum Gasteiger partial charge on any atom is 0.124 e. The van der Waals surface area contributed by atoms with Crippen LogP contribution in [0.15, 0.2) is 18.2 Å². The van der Waals surface area contributed by atoms with E-state index < -0.39 is 0 Å². The minimum atomic E-state index is -0.0907. The van der Waals surface area contributed by atoms with Crippen molar-refractivity contribution in [1.82, 2.24) is 5.32 Å². The Balaban J connectivity index is 2.49. The third kappa shape index (κ3) is 2.13. The molecule has 3 heteroatoms. The summed E-state index contributed by atoms with van der Waals surface area (Å²) in [5.41, 5.74) is 2.57. The van der Waals surface area contributed by atoms with Crippen LogP contribution in [0.1, 0.15) is 31.9 Å². The molecule has 0 aliphatic carbocycles. The number of benzene rings is 1. The van der Waals surface area contributed by atoms with Crippen LogP contribution in [-0.4, -0.2) is 27.4 Å². The lowest BCUT2D eigenvalue weighted by Gasteiger charge is -2.42. The first-order chi connectivity index (χ1) is 8.43. The Morgan fingerprint density at radius 2 is 1.94 bits per heavy atom. The SMILES string of the molecule is CNC1(c2cc(C(C)(C)C)ccc2OC)COC1. The minimum Gasteiger partial charge on any atom is -0.496 e. The van der Waals surface area contributed by atoms with Crippen LogP contribution >= 0.6 is 0 Å². The summed E-state index contributed by atoms with van der Waals surface area (Å²) in [7, 11) is 3.70. The molecule has 1 aliphatic rings. The second kappa shape index (κ2) is 4.56. The molecule has 18 heavy (non-hydrogen) atoms. The summed E-state index contributed by atoms with van der Waals surface area (Å²) in [6, 6.07) is 6.45. The minimum absolute atomic E-state index is 0.0907. The second-order valence-electron chi connectivity index (χ2n) is 5.99. The highest BCUT2D eigenvalue weighted by molar-refractivity contribution is 5.45. The number of ether oxygens (including phenoxy) is 2. The van der Waals surface area contributed by atoms with Crippen molar-refractivity contribution in [3.05, 3.63) is 29.3 Å². The van der Waals surface area contributed by atoms with Gasteiger partial charge in [0.1, 0.15) is 5.75 Å². The summed E-state index contributed by atoms with van der Waals surface area (Å²) in [6.45, 7) is 8.08. The zero-order valence-corrected chi connectivity index (χ0v) is 12.0. The van der Waals surface area contributed by atoms with E-state index in [1.807, 2.05) is 7.05 Å². The Hall–Kier alpha value is -1.06. The van der Waals surface area contributed by atoms with Crippen LogP contribution in [0.4, 0.5) is 0 Å². The molecule has 0 spiro atoms. The van der Waals surface area contributed by atoms with E-state index in [0.717, 1.165) is 5.75 Å². The molecule has 1 aromatic rings. The first-order valence-electron chi connectivity index (χ1n) is 6.38. The Kier molecular flexibility index (Phi) is 3.39. The van der Waals surface area contributed by atoms with Gasteiger partial charge in [-0.15, -0.1) is 0 Å². The highest BCUT2D eigenvalue weighted by atomic mass is 16.5. The fraction of sp³-hybridized carbons (Fsp3) is 0.600. The summed E-state index contributed by atoms with van der Waals surface area (Å²) >= 11 is 0. The van der Waals surface area contributed by atoms with Gasteiger partial charge in [0.15, 0.2) is 0 Å². The number of nitrogens with one attached hydrogen (secondary N) is 1. The van der Waals surface area contributed by atoms with Crippen LogP contribution in [-0.2, 0) is 15.7 Å². The van der Waals surface area contributed by atoms with E-state index in [9.17, 15) is 0 Å². The van der Waals surface area contributed by atoms with Gasteiger partial charge >= 0.3 is 0 Å². The van der Waals surface area contributed by atoms with Crippen molar-refractivity contribution < 1.29 is 9.47 Å². The van der Waals surface area contributed by atoms with Crippen LogP contribution in [0.5, 0.6) is 5.75 Å². The largest absolute Gasteiger partial charge is 0.496 e. The van der Waals surface area contributed by atoms with Gasteiger partial charge in [0.25, 0.3) is 0 Å². The van der Waals surface area contributed by atoms with Crippen molar-refractivity contribution in [1.29, 1.82) is 0 Å². The molecule has 0 bridgehead atoms. The van der Waals surface area contributed by atoms with Gasteiger partial charge in [-0.1, -0.05) is 26.8 Å². The second-order valence-corrected chi connectivity index (χ2v) is 5.99. The van der Waals surface area contributed by atoms with Crippen LogP contribution in [0.3, 0.4) is 0 Å². The molecule has 0 unspecified atom stereocenters. The van der Waals surface area contributed by atoms with Gasteiger partial charge in [-0.3, -0.25) is 0 Å². The lowest BCUT2D eigenvalue weighted by molar-refractivity contribution is -0.0757. The van der Waals surface area contributed by atoms with E-state index in [-0.39, 0.29) is 11.0 Å². The van der Waals surface area contributed by atoms with E-state index in [0.29, 0.717) is 13.2 Å². The normalized spacial score (nSPS) is 18.3. The van der Waals surface area contributed by atoms with E-state index in [1.54, 1.807) is 7.11 Å². The Labute approximate surface area is 109 Å². The molecule has 0 aromatic heterocycles. The molecule has 1 heterocycles. The topological polar surface area (TPSA) is 30.5 Å². The molecule has 0 amide bonds. The van der Waals surface area contributed by atoms with Gasteiger partial charge in [-0.2, -0.15) is 0 Å². The molecule has 1 fully saturated rings. The summed E-state index contributed by atoms with van der Waals surface area (Å²) in [5, 5.41) is 3.38. The predicted molar refractivity (Wildman–Crippen MR) is 73.3 cm³/mol. The van der Waals surface area contributed by atoms with Crippen LogP contribution in [0, 0.1) is 0 Å². The summed E-state index contributed by atoms with van der Waals surface area (Å²) < 4.78 is 10.9. The Morgan fingerprint density at radius 1 is 1.28 bits per heavy atom. The first kappa shape index (κ1) is 13.4. The van der Waals surface area contributed by atoms with Gasteiger partial charge in [-0.05, 0) is 30.2 Å². The summed E-state index contributed by atoms with van der Waals surface area (Å²) in [6.07, 6.45) is 0. The summed E-state index contributed by atoms with van der Waals surface area (Å²) in [5.74, 6) is 0.931. The van der Waals surface area contributed by atoms with Crippen molar-refractivity contribution in [3.63, 3.8) is 0 Å². The van der Waals surface area contributed by atoms with Gasteiger partial charge in [0.2, 0.25) is 0 Å². The fourth-order valence-electron chi connectivity index (χ4n) is 2.29. The highest BCUT2D eigenvalue weighted by Crippen LogP contribution is 2.38. The average molecular weight is 249 g/mol. The van der Waals surface area contributed by atoms with Gasteiger partial charge < -0.3 is 14.8 Å². The molecular weight excluding hydrogens is 226 g/mol. The van der Waals surface area contributed by atoms with Gasteiger partial charge in [0.05, 0.1) is 25.9 Å². The van der Waals surface area contributed by atoms with Gasteiger partial charge in [-0.25, -0.2) is 0 Å². The molecule has 0 radical (unpaired) electrons. The van der Waals surface area contributed by atoms with Crippen LogP contribution in [0.25, 0.3) is 0 Å². The molecule has 3 nitrogen and oxygen atoms in total. The number of methoxy groups -OCH3 is 1. The third-order valence-corrected chi connectivity index (χ3v) is 3.76. The molecule has 1 aliphatic heterocycles. The lowest BCUT2D eigenvalue weighted by atomic mass is 9.81. The van der Waals surface area contributed by atoms with Crippen molar-refractivity contribution in [3.8, 4) is 5.75 Å². The third-order valence-electron chi connectivity index (χ3n) is 3.76. The van der Waals surface area contributed by atoms with E-state index in [1.165, 1.54) is 11.1 Å². The van der Waals surface area contributed by atoms with Crippen molar-refractivity contribution in [2.45, 2.75) is 31.7 Å². The van der Waals surface area contributed by atoms with Crippen molar-refractivity contribution in [2.24, 2.45) is 0 Å². The van der Waals surface area contributed by atoms with Crippen LogP contribution < -0.4 is 10.1 Å². The monoisotopic (exact) mass is 249 g/mol. The maximum atomic E-state index is 5.50. The lowest BCUT2D eigenvalue weighted by Crippen LogP contribution is -2.56. The molecule has 100 valence electrons. The van der Waals surface area contributed by atoms with E-state index >= 15 is 0 Å². The van der Waals surface area contributed by atoms with E-state index in [2.05, 4.69) is 44.3 Å². The molecule has 0 saturated carbocycles. The summed E-state index contributed by atoms with van der Waals surface area (Å²) in [4.78, 5) is 0. The number of likely N-dealkylation sites (N-methyl/N-ethyl adjacent to an activating group) is 1. The molecule has 2 rings (SSSR count). The quantitative estimate of drug-likeness (QED) is 0.892. The molecule has 0 atom stereocenters. The molecule has 1 aromatic carbocycles. The zero-order valence-electron chi connectivity index (χ0n) is 12.0. The maximum absolute atomic E-state index is 5.50. The number of hydrogen-bond donors (Lipinski definition) is 1. The number of hydrogen-bond acceptors (Lipinski definition) is 3. The fourth-order valence-corrected chi connectivity index (χ4v) is 2.29. The van der Waals surface area contributed by atoms with Crippen molar-refractivity contribution in [2.75, 3.05) is 27.4 Å². The predicted octanol–water partition coefficient (Wildman–Crippen LogP) is 2.44. The standard InChI is InChI=1S/C15H23NO2/c1-14(2,3)11-6-7-13(17-5)12(8-11)15(16-4)9-18-10-15/h6-8,16H,9-10H2,1-5H3. The first-order valence-corrected chi connectivity index (χ1v) is 6.38. The zero-order chi connectivity index (χ0) is 13.4. The molecule has 1 N–H and O–H groups in total. The highest BCUT2D eigenvalue weighted by Gasteiger charge is 2.41. The average Bonchev–Trinajstić information content (AvgIpc) is 2.27. The Morgan fingerprint density at radius 3 is 2.33 bits per heavy atom. The van der Waals surface area contributed by atoms with E-state index in [4.69, 9.17) is 9.47 Å². The van der Waals surface area contributed by atoms with Gasteiger partial charge in [0, 0.05) is 5.56 Å². The van der Waals surface area contributed by atoms with Crippen LogP contribution in [0.2, 0.25) is 0 Å². The molecular formula is C15H23NO2. The Bertz CT molecular complexity index is 425. The smallest absolute Gasteiger partial charge is 0.124 e. The number of rotatable bonds is 3. The van der Waals surface area contributed by atoms with Crippen molar-refractivity contribution >= 4 is 0 Å².